The van der Waals surface area contributed by atoms with Crippen molar-refractivity contribution in [3.8, 4) is 11.3 Å². The number of aromatic nitrogens is 2. The fourth-order valence-corrected chi connectivity index (χ4v) is 2.99. The zero-order valence-electron chi connectivity index (χ0n) is 16.1. The van der Waals surface area contributed by atoms with Gasteiger partial charge in [-0.2, -0.15) is 13.2 Å². The van der Waals surface area contributed by atoms with Gasteiger partial charge >= 0.3 is 12.1 Å². The normalized spacial score (nSPS) is 11.6. The van der Waals surface area contributed by atoms with E-state index in [1.54, 1.807) is 18.3 Å². The number of pyridine rings is 1. The Morgan fingerprint density at radius 1 is 1.13 bits per heavy atom. The molecule has 3 heterocycles. The van der Waals surface area contributed by atoms with Crippen LogP contribution in [0.15, 0.2) is 70.0 Å². The number of furan rings is 1. The predicted octanol–water partition coefficient (Wildman–Crippen LogP) is 4.64. The Hall–Kier alpha value is -3.88. The Labute approximate surface area is 173 Å². The van der Waals surface area contributed by atoms with E-state index in [1.807, 2.05) is 6.92 Å². The van der Waals surface area contributed by atoms with E-state index in [2.05, 4.69) is 4.98 Å². The molecule has 0 aliphatic carbocycles. The summed E-state index contributed by atoms with van der Waals surface area (Å²) in [5.41, 5.74) is 0.596. The van der Waals surface area contributed by atoms with Crippen molar-refractivity contribution >= 4 is 11.6 Å². The second-order valence-corrected chi connectivity index (χ2v) is 6.84. The third-order valence-electron chi connectivity index (χ3n) is 4.49. The van der Waals surface area contributed by atoms with Crippen LogP contribution in [0.25, 0.3) is 17.0 Å². The molecule has 0 amide bonds. The molecule has 0 N–H and O–H groups in total. The van der Waals surface area contributed by atoms with Gasteiger partial charge in [-0.05, 0) is 42.8 Å². The summed E-state index contributed by atoms with van der Waals surface area (Å²) in [6.45, 7) is 1.58. The van der Waals surface area contributed by atoms with Crippen molar-refractivity contribution in [1.29, 1.82) is 0 Å². The van der Waals surface area contributed by atoms with Crippen LogP contribution in [-0.2, 0) is 17.5 Å². The molecule has 0 atom stereocenters. The molecule has 158 valence electrons. The molecule has 31 heavy (non-hydrogen) atoms. The number of carbonyl (C=O) groups is 1. The highest BCUT2D eigenvalue weighted by Crippen LogP contribution is 2.32. The van der Waals surface area contributed by atoms with Crippen LogP contribution >= 0.6 is 0 Å². The van der Waals surface area contributed by atoms with Gasteiger partial charge in [-0.25, -0.2) is 9.78 Å². The first kappa shape index (κ1) is 20.4. The standard InChI is InChI=1S/C22H15F3N2O4/c1-13-5-8-19-26-16(10-20(28)27(19)11-13)12-30-21(29)18-7-6-17(31-18)14-3-2-4-15(9-14)22(23,24)25/h2-11H,12H2,1H3. The minimum Gasteiger partial charge on any atom is -0.453 e. The third-order valence-corrected chi connectivity index (χ3v) is 4.49. The van der Waals surface area contributed by atoms with Gasteiger partial charge in [0, 0.05) is 17.8 Å². The van der Waals surface area contributed by atoms with Gasteiger partial charge in [-0.15, -0.1) is 0 Å². The number of alkyl halides is 3. The fraction of sp³-hybridized carbons (Fsp3) is 0.136. The SMILES string of the molecule is Cc1ccc2nc(COC(=O)c3ccc(-c4cccc(C(F)(F)F)c4)o3)cc(=O)n2c1. The maximum absolute atomic E-state index is 12.9. The molecule has 1 aromatic carbocycles. The molecular weight excluding hydrogens is 413 g/mol. The van der Waals surface area contributed by atoms with E-state index in [-0.39, 0.29) is 34.9 Å². The number of hydrogen-bond acceptors (Lipinski definition) is 5. The van der Waals surface area contributed by atoms with Crippen molar-refractivity contribution in [1.82, 2.24) is 9.38 Å². The molecule has 0 unspecified atom stereocenters. The van der Waals surface area contributed by atoms with Crippen LogP contribution < -0.4 is 5.56 Å². The van der Waals surface area contributed by atoms with E-state index in [1.165, 1.54) is 34.7 Å². The van der Waals surface area contributed by atoms with Crippen molar-refractivity contribution in [3.05, 3.63) is 93.7 Å². The zero-order valence-corrected chi connectivity index (χ0v) is 16.1. The molecule has 0 aliphatic heterocycles. The highest BCUT2D eigenvalue weighted by molar-refractivity contribution is 5.87. The number of halogens is 3. The molecular formula is C22H15F3N2O4. The van der Waals surface area contributed by atoms with Gasteiger partial charge in [0.1, 0.15) is 18.0 Å². The van der Waals surface area contributed by atoms with Crippen molar-refractivity contribution in [2.75, 3.05) is 0 Å². The Bertz CT molecular complexity index is 1340. The average molecular weight is 428 g/mol. The number of esters is 1. The van der Waals surface area contributed by atoms with Gasteiger partial charge < -0.3 is 9.15 Å². The number of hydrogen-bond donors (Lipinski definition) is 0. The van der Waals surface area contributed by atoms with E-state index in [0.717, 1.165) is 17.7 Å². The van der Waals surface area contributed by atoms with Crippen molar-refractivity contribution in [3.63, 3.8) is 0 Å². The van der Waals surface area contributed by atoms with E-state index in [9.17, 15) is 22.8 Å². The monoisotopic (exact) mass is 428 g/mol. The molecule has 0 saturated carbocycles. The van der Waals surface area contributed by atoms with E-state index in [0.29, 0.717) is 5.65 Å². The summed E-state index contributed by atoms with van der Waals surface area (Å²) < 4.78 is 50.6. The number of rotatable bonds is 4. The lowest BCUT2D eigenvalue weighted by Crippen LogP contribution is -2.16. The Kier molecular flexibility index (Phi) is 5.10. The highest BCUT2D eigenvalue weighted by Gasteiger charge is 2.30. The number of benzene rings is 1. The first-order chi connectivity index (χ1) is 14.7. The number of fused-ring (bicyclic) bond motifs is 1. The molecule has 0 fully saturated rings. The Balaban J connectivity index is 1.49. The molecule has 6 nitrogen and oxygen atoms in total. The number of nitrogens with zero attached hydrogens (tertiary/aromatic N) is 2. The Morgan fingerprint density at radius 3 is 2.71 bits per heavy atom. The third kappa shape index (κ3) is 4.35. The fourth-order valence-electron chi connectivity index (χ4n) is 2.99. The van der Waals surface area contributed by atoms with Crippen LogP contribution in [0, 0.1) is 6.92 Å². The van der Waals surface area contributed by atoms with Gasteiger partial charge in [-0.3, -0.25) is 9.20 Å². The highest BCUT2D eigenvalue weighted by atomic mass is 19.4. The van der Waals surface area contributed by atoms with Crippen LogP contribution in [0.5, 0.6) is 0 Å². The van der Waals surface area contributed by atoms with E-state index >= 15 is 0 Å². The lowest BCUT2D eigenvalue weighted by molar-refractivity contribution is -0.137. The minimum absolute atomic E-state index is 0.0931. The van der Waals surface area contributed by atoms with Crippen LogP contribution in [0.2, 0.25) is 0 Å². The summed E-state index contributed by atoms with van der Waals surface area (Å²) in [4.78, 5) is 28.8. The van der Waals surface area contributed by atoms with Gasteiger partial charge in [0.05, 0.1) is 11.3 Å². The lowest BCUT2D eigenvalue weighted by Gasteiger charge is -2.07. The molecule has 0 radical (unpaired) electrons. The minimum atomic E-state index is -4.49. The molecule has 3 aromatic heterocycles. The van der Waals surface area contributed by atoms with Crippen LogP contribution in [0.1, 0.15) is 27.4 Å². The summed E-state index contributed by atoms with van der Waals surface area (Å²) >= 11 is 0. The zero-order chi connectivity index (χ0) is 22.2. The van der Waals surface area contributed by atoms with Crippen LogP contribution in [0.3, 0.4) is 0 Å². The largest absolute Gasteiger partial charge is 0.453 e. The van der Waals surface area contributed by atoms with Crippen LogP contribution in [0.4, 0.5) is 13.2 Å². The molecule has 4 aromatic rings. The average Bonchev–Trinajstić information content (AvgIpc) is 3.22. The quantitative estimate of drug-likeness (QED) is 0.443. The van der Waals surface area contributed by atoms with Gasteiger partial charge in [0.25, 0.3) is 5.56 Å². The maximum atomic E-state index is 12.9. The first-order valence-electron chi connectivity index (χ1n) is 9.14. The molecule has 0 aliphatic rings. The maximum Gasteiger partial charge on any atom is 0.416 e. The van der Waals surface area contributed by atoms with Gasteiger partial charge in [0.15, 0.2) is 0 Å². The molecule has 0 saturated heterocycles. The summed E-state index contributed by atoms with van der Waals surface area (Å²) in [6.07, 6.45) is -2.84. The lowest BCUT2D eigenvalue weighted by atomic mass is 10.1. The summed E-state index contributed by atoms with van der Waals surface area (Å²) in [5.74, 6) is -0.917. The molecule has 4 rings (SSSR count). The molecule has 0 bridgehead atoms. The Morgan fingerprint density at radius 2 is 1.94 bits per heavy atom. The summed E-state index contributed by atoms with van der Waals surface area (Å²) in [7, 11) is 0. The second kappa shape index (κ2) is 7.75. The van der Waals surface area contributed by atoms with Crippen molar-refractivity contribution < 1.29 is 27.1 Å². The summed E-state index contributed by atoms with van der Waals surface area (Å²) in [5, 5.41) is 0. The van der Waals surface area contributed by atoms with Crippen LogP contribution in [-0.4, -0.2) is 15.4 Å². The molecule has 0 spiro atoms. The van der Waals surface area contributed by atoms with Crippen molar-refractivity contribution in [2.24, 2.45) is 0 Å². The number of ether oxygens (including phenoxy) is 1. The topological polar surface area (TPSA) is 73.8 Å². The smallest absolute Gasteiger partial charge is 0.416 e. The first-order valence-corrected chi connectivity index (χ1v) is 9.14. The predicted molar refractivity (Wildman–Crippen MR) is 104 cm³/mol. The van der Waals surface area contributed by atoms with E-state index < -0.39 is 17.7 Å². The number of aryl methyl sites for hydroxylation is 1. The second-order valence-electron chi connectivity index (χ2n) is 6.84. The number of carbonyl (C=O) groups excluding carboxylic acids is 1. The summed E-state index contributed by atoms with van der Waals surface area (Å²) in [6, 6.07) is 12.0. The molecule has 9 heteroatoms. The van der Waals surface area contributed by atoms with E-state index in [4.69, 9.17) is 9.15 Å². The van der Waals surface area contributed by atoms with Gasteiger partial charge in [0.2, 0.25) is 5.76 Å². The van der Waals surface area contributed by atoms with Gasteiger partial charge in [-0.1, -0.05) is 18.2 Å². The van der Waals surface area contributed by atoms with Crippen molar-refractivity contribution in [2.45, 2.75) is 19.7 Å².